The van der Waals surface area contributed by atoms with Gasteiger partial charge in [-0.05, 0) is 16.7 Å². The summed E-state index contributed by atoms with van der Waals surface area (Å²) in [6, 6.07) is 20.3. The lowest BCUT2D eigenvalue weighted by Gasteiger charge is -2.09. The van der Waals surface area contributed by atoms with E-state index in [1.165, 1.54) is 0 Å². The van der Waals surface area contributed by atoms with Gasteiger partial charge in [0.05, 0.1) is 0 Å². The van der Waals surface area contributed by atoms with Crippen molar-refractivity contribution in [3.05, 3.63) is 60.7 Å². The summed E-state index contributed by atoms with van der Waals surface area (Å²) in [6.45, 7) is 4.42. The minimum Gasteiger partial charge on any atom is -0.218 e. The maximum absolute atomic E-state index is 4.78. The number of rotatable bonds is 6. The zero-order chi connectivity index (χ0) is 16.8. The van der Waals surface area contributed by atoms with Crippen LogP contribution in [0.3, 0.4) is 0 Å². The molecule has 0 saturated heterocycles. The number of benzene rings is 2. The van der Waals surface area contributed by atoms with Gasteiger partial charge in [0.25, 0.3) is 0 Å². The Balaban J connectivity index is 1.97. The summed E-state index contributed by atoms with van der Waals surface area (Å²) in [7, 11) is 3.37. The van der Waals surface area contributed by atoms with E-state index in [0.717, 1.165) is 28.3 Å². The maximum atomic E-state index is 4.78. The summed E-state index contributed by atoms with van der Waals surface area (Å²) >= 11 is 0. The highest BCUT2D eigenvalue weighted by Gasteiger charge is 2.13. The van der Waals surface area contributed by atoms with Crippen molar-refractivity contribution < 1.29 is 0 Å². The Labute approximate surface area is 150 Å². The fourth-order valence-corrected chi connectivity index (χ4v) is 4.35. The van der Waals surface area contributed by atoms with Crippen molar-refractivity contribution in [3.8, 4) is 22.5 Å². The van der Waals surface area contributed by atoms with Gasteiger partial charge in [0, 0.05) is 16.9 Å². The molecule has 3 rings (SSSR count). The highest BCUT2D eigenvalue weighted by Crippen LogP contribution is 2.33. The van der Waals surface area contributed by atoms with Crippen molar-refractivity contribution in [3.63, 3.8) is 0 Å². The van der Waals surface area contributed by atoms with Gasteiger partial charge in [-0.25, -0.2) is 4.98 Å². The monoisotopic (exact) mass is 353 g/mol. The molecule has 0 N–H and O–H groups in total. The Hall–Kier alpha value is -1.85. The van der Waals surface area contributed by atoms with Gasteiger partial charge in [-0.1, -0.05) is 85.3 Å². The Morgan fingerprint density at radius 3 is 1.96 bits per heavy atom. The van der Waals surface area contributed by atoms with E-state index in [1.54, 1.807) is 21.6 Å². The summed E-state index contributed by atoms with van der Waals surface area (Å²) in [5.41, 5.74) is 3.79. The molecule has 5 heteroatoms. The largest absolute Gasteiger partial charge is 0.220 e. The van der Waals surface area contributed by atoms with Crippen molar-refractivity contribution in [1.29, 1.82) is 0 Å². The first-order valence-electron chi connectivity index (χ1n) is 7.89. The lowest BCUT2D eigenvalue weighted by molar-refractivity contribution is 0.752. The quantitative estimate of drug-likeness (QED) is 0.539. The standard InChI is InChI=1S/C19H19N3S2/c1-14(2)13-23-24-19-20-17(15-9-5-3-6-10-15)18(21-22-19)16-11-7-4-8-12-16/h3-12,14H,13H2,1-2H3. The molecule has 0 atom stereocenters. The number of hydrogen-bond acceptors (Lipinski definition) is 5. The molecule has 0 aliphatic heterocycles. The molecular weight excluding hydrogens is 334 g/mol. The topological polar surface area (TPSA) is 38.7 Å². The van der Waals surface area contributed by atoms with Crippen molar-refractivity contribution >= 4 is 21.6 Å². The van der Waals surface area contributed by atoms with Gasteiger partial charge < -0.3 is 0 Å². The molecule has 24 heavy (non-hydrogen) atoms. The predicted octanol–water partition coefficient (Wildman–Crippen LogP) is 5.60. The molecule has 3 aromatic rings. The third-order valence-corrected chi connectivity index (χ3v) is 5.75. The molecule has 3 nitrogen and oxygen atoms in total. The van der Waals surface area contributed by atoms with Gasteiger partial charge in [-0.2, -0.15) is 0 Å². The highest BCUT2D eigenvalue weighted by molar-refractivity contribution is 8.76. The highest BCUT2D eigenvalue weighted by atomic mass is 33.1. The minimum atomic E-state index is 0.646. The normalized spacial score (nSPS) is 11.0. The minimum absolute atomic E-state index is 0.646. The van der Waals surface area contributed by atoms with Gasteiger partial charge in [-0.3, -0.25) is 0 Å². The SMILES string of the molecule is CC(C)CSSc1nnc(-c2ccccc2)c(-c2ccccc2)n1. The van der Waals surface area contributed by atoms with Crippen molar-refractivity contribution in [2.75, 3.05) is 5.75 Å². The van der Waals surface area contributed by atoms with E-state index < -0.39 is 0 Å². The maximum Gasteiger partial charge on any atom is 0.220 e. The zero-order valence-electron chi connectivity index (χ0n) is 13.7. The molecule has 1 heterocycles. The summed E-state index contributed by atoms with van der Waals surface area (Å²) in [5.74, 6) is 1.71. The fourth-order valence-electron chi connectivity index (χ4n) is 2.16. The Kier molecular flexibility index (Phi) is 5.88. The van der Waals surface area contributed by atoms with Crippen LogP contribution in [0.15, 0.2) is 65.8 Å². The van der Waals surface area contributed by atoms with Crippen LogP contribution in [0.1, 0.15) is 13.8 Å². The number of hydrogen-bond donors (Lipinski definition) is 0. The predicted molar refractivity (Wildman–Crippen MR) is 104 cm³/mol. The van der Waals surface area contributed by atoms with Gasteiger partial charge >= 0.3 is 0 Å². The molecular formula is C19H19N3S2. The molecule has 2 aromatic carbocycles. The van der Waals surface area contributed by atoms with Gasteiger partial charge in [0.15, 0.2) is 0 Å². The van der Waals surface area contributed by atoms with E-state index in [9.17, 15) is 0 Å². The molecule has 0 fully saturated rings. The van der Waals surface area contributed by atoms with Crippen LogP contribution in [0.4, 0.5) is 0 Å². The van der Waals surface area contributed by atoms with E-state index in [4.69, 9.17) is 4.98 Å². The average Bonchev–Trinajstić information content (AvgIpc) is 2.63. The van der Waals surface area contributed by atoms with Crippen LogP contribution in [-0.4, -0.2) is 20.9 Å². The summed E-state index contributed by atoms with van der Waals surface area (Å²) < 4.78 is 0. The second-order valence-corrected chi connectivity index (χ2v) is 8.09. The van der Waals surface area contributed by atoms with Gasteiger partial charge in [-0.15, -0.1) is 10.2 Å². The smallest absolute Gasteiger partial charge is 0.218 e. The molecule has 1 aromatic heterocycles. The summed E-state index contributed by atoms with van der Waals surface area (Å²) in [4.78, 5) is 4.78. The van der Waals surface area contributed by atoms with Crippen LogP contribution in [0, 0.1) is 5.92 Å². The third kappa shape index (κ3) is 4.36. The molecule has 0 amide bonds. The first kappa shape index (κ1) is 17.0. The van der Waals surface area contributed by atoms with Crippen LogP contribution in [-0.2, 0) is 0 Å². The first-order chi connectivity index (χ1) is 11.7. The van der Waals surface area contributed by atoms with E-state index in [1.807, 2.05) is 48.5 Å². The molecule has 0 saturated carbocycles. The van der Waals surface area contributed by atoms with E-state index in [-0.39, 0.29) is 0 Å². The molecule has 0 spiro atoms. The fraction of sp³-hybridized carbons (Fsp3) is 0.211. The zero-order valence-corrected chi connectivity index (χ0v) is 15.3. The molecule has 0 radical (unpaired) electrons. The van der Waals surface area contributed by atoms with Crippen molar-refractivity contribution in [2.45, 2.75) is 19.0 Å². The van der Waals surface area contributed by atoms with Crippen LogP contribution in [0.25, 0.3) is 22.5 Å². The van der Waals surface area contributed by atoms with Crippen LogP contribution >= 0.6 is 21.6 Å². The van der Waals surface area contributed by atoms with Crippen LogP contribution < -0.4 is 0 Å². The van der Waals surface area contributed by atoms with Gasteiger partial charge in [0.1, 0.15) is 11.4 Å². The first-order valence-corrected chi connectivity index (χ1v) is 10.2. The van der Waals surface area contributed by atoms with Crippen molar-refractivity contribution in [1.82, 2.24) is 15.2 Å². The Morgan fingerprint density at radius 2 is 1.38 bits per heavy atom. The second-order valence-electron chi connectivity index (χ2n) is 5.79. The lowest BCUT2D eigenvalue weighted by atomic mass is 10.0. The number of nitrogens with zero attached hydrogens (tertiary/aromatic N) is 3. The third-order valence-electron chi connectivity index (χ3n) is 3.30. The van der Waals surface area contributed by atoms with E-state index >= 15 is 0 Å². The van der Waals surface area contributed by atoms with Crippen molar-refractivity contribution in [2.24, 2.45) is 5.92 Å². The second kappa shape index (κ2) is 8.31. The summed E-state index contributed by atoms with van der Waals surface area (Å²) in [5, 5.41) is 9.50. The summed E-state index contributed by atoms with van der Waals surface area (Å²) in [6.07, 6.45) is 0. The van der Waals surface area contributed by atoms with E-state index in [2.05, 4.69) is 36.2 Å². The van der Waals surface area contributed by atoms with Crippen LogP contribution in [0.2, 0.25) is 0 Å². The van der Waals surface area contributed by atoms with E-state index in [0.29, 0.717) is 11.1 Å². The van der Waals surface area contributed by atoms with Crippen LogP contribution in [0.5, 0.6) is 0 Å². The Morgan fingerprint density at radius 1 is 0.792 bits per heavy atom. The lowest BCUT2D eigenvalue weighted by Crippen LogP contribution is -1.99. The molecule has 0 aliphatic rings. The Bertz CT molecular complexity index is 777. The number of aromatic nitrogens is 3. The average molecular weight is 354 g/mol. The molecule has 0 aliphatic carbocycles. The molecule has 122 valence electrons. The van der Waals surface area contributed by atoms with Gasteiger partial charge in [0.2, 0.25) is 5.16 Å². The molecule has 0 unspecified atom stereocenters. The molecule has 0 bridgehead atoms.